The van der Waals surface area contributed by atoms with Crippen molar-refractivity contribution in [2.24, 2.45) is 0 Å². The summed E-state index contributed by atoms with van der Waals surface area (Å²) in [6.07, 6.45) is 0. The fourth-order valence-corrected chi connectivity index (χ4v) is 2.30. The van der Waals surface area contributed by atoms with Crippen LogP contribution in [0.1, 0.15) is 18.1 Å². The maximum absolute atomic E-state index is 12.2. The van der Waals surface area contributed by atoms with Crippen LogP contribution in [0.5, 0.6) is 5.75 Å². The lowest BCUT2D eigenvalue weighted by atomic mass is 10.2. The molecule has 0 aliphatic heterocycles. The van der Waals surface area contributed by atoms with E-state index in [0.29, 0.717) is 24.6 Å². The van der Waals surface area contributed by atoms with Crippen LogP contribution in [0.3, 0.4) is 0 Å². The average molecular weight is 327 g/mol. The van der Waals surface area contributed by atoms with Gasteiger partial charge in [0, 0.05) is 26.3 Å². The predicted molar refractivity (Wildman–Crippen MR) is 99.0 cm³/mol. The van der Waals surface area contributed by atoms with Gasteiger partial charge < -0.3 is 20.3 Å². The Labute approximate surface area is 143 Å². The molecule has 2 aromatic rings. The first-order chi connectivity index (χ1) is 11.5. The maximum Gasteiger partial charge on any atom is 0.319 e. The second kappa shape index (κ2) is 8.24. The van der Waals surface area contributed by atoms with Gasteiger partial charge in [0.05, 0.1) is 12.3 Å². The molecule has 0 aliphatic rings. The molecule has 128 valence electrons. The number of aryl methyl sites for hydroxylation is 1. The van der Waals surface area contributed by atoms with Crippen molar-refractivity contribution in [3.05, 3.63) is 53.6 Å². The number of hydrogen-bond donors (Lipinski definition) is 2. The van der Waals surface area contributed by atoms with E-state index in [2.05, 4.69) is 16.7 Å². The molecule has 0 heterocycles. The number of benzene rings is 2. The molecule has 2 aromatic carbocycles. The van der Waals surface area contributed by atoms with Crippen molar-refractivity contribution in [2.45, 2.75) is 20.4 Å². The van der Waals surface area contributed by atoms with Gasteiger partial charge >= 0.3 is 6.03 Å². The zero-order chi connectivity index (χ0) is 17.5. The van der Waals surface area contributed by atoms with E-state index in [1.165, 1.54) is 0 Å². The topological polar surface area (TPSA) is 53.6 Å². The third-order valence-electron chi connectivity index (χ3n) is 3.57. The highest BCUT2D eigenvalue weighted by atomic mass is 16.5. The summed E-state index contributed by atoms with van der Waals surface area (Å²) in [5.41, 5.74) is 3.91. The van der Waals surface area contributed by atoms with Gasteiger partial charge in [-0.2, -0.15) is 0 Å². The van der Waals surface area contributed by atoms with Crippen LogP contribution in [0.15, 0.2) is 42.5 Å². The first-order valence-corrected chi connectivity index (χ1v) is 8.04. The van der Waals surface area contributed by atoms with Crippen molar-refractivity contribution in [3.8, 4) is 5.75 Å². The third kappa shape index (κ3) is 4.91. The van der Waals surface area contributed by atoms with Crippen molar-refractivity contribution in [2.75, 3.05) is 30.9 Å². The fourth-order valence-electron chi connectivity index (χ4n) is 2.30. The van der Waals surface area contributed by atoms with Crippen molar-refractivity contribution in [1.82, 2.24) is 5.32 Å². The molecule has 2 amide bonds. The van der Waals surface area contributed by atoms with Gasteiger partial charge in [0.25, 0.3) is 0 Å². The summed E-state index contributed by atoms with van der Waals surface area (Å²) in [5.74, 6) is 0.683. The molecular weight excluding hydrogens is 302 g/mol. The summed E-state index contributed by atoms with van der Waals surface area (Å²) < 4.78 is 5.58. The van der Waals surface area contributed by atoms with Crippen molar-refractivity contribution in [1.29, 1.82) is 0 Å². The van der Waals surface area contributed by atoms with E-state index >= 15 is 0 Å². The van der Waals surface area contributed by atoms with E-state index < -0.39 is 0 Å². The quantitative estimate of drug-likeness (QED) is 0.849. The highest BCUT2D eigenvalue weighted by Crippen LogP contribution is 2.25. The van der Waals surface area contributed by atoms with Gasteiger partial charge in [-0.15, -0.1) is 0 Å². The first kappa shape index (κ1) is 17.7. The van der Waals surface area contributed by atoms with Crippen molar-refractivity contribution >= 4 is 17.4 Å². The molecule has 0 bridgehead atoms. The summed E-state index contributed by atoms with van der Waals surface area (Å²) in [5, 5.41) is 5.72. The van der Waals surface area contributed by atoms with Crippen LogP contribution in [0.2, 0.25) is 0 Å². The number of amides is 2. The van der Waals surface area contributed by atoms with Crippen LogP contribution in [0.4, 0.5) is 16.2 Å². The van der Waals surface area contributed by atoms with Gasteiger partial charge in [-0.3, -0.25) is 0 Å². The minimum atomic E-state index is -0.255. The SMILES string of the molecule is CCOc1cc(C)ccc1NC(=O)NCc1cccc(N(C)C)c1. The predicted octanol–water partition coefficient (Wildman–Crippen LogP) is 3.78. The molecule has 2 N–H and O–H groups in total. The molecule has 0 spiro atoms. The summed E-state index contributed by atoms with van der Waals surface area (Å²) in [6, 6.07) is 13.5. The number of rotatable bonds is 6. The molecule has 5 heteroatoms. The molecular formula is C19H25N3O2. The number of nitrogens with zero attached hydrogens (tertiary/aromatic N) is 1. The Balaban J connectivity index is 1.98. The number of anilines is 2. The van der Waals surface area contributed by atoms with E-state index in [4.69, 9.17) is 4.74 Å². The van der Waals surface area contributed by atoms with Crippen LogP contribution in [-0.2, 0) is 6.54 Å². The minimum Gasteiger partial charge on any atom is -0.492 e. The Hall–Kier alpha value is -2.69. The normalized spacial score (nSPS) is 10.2. The van der Waals surface area contributed by atoms with Crippen LogP contribution in [0, 0.1) is 6.92 Å². The lowest BCUT2D eigenvalue weighted by molar-refractivity contribution is 0.251. The number of hydrogen-bond acceptors (Lipinski definition) is 3. The molecule has 0 aliphatic carbocycles. The largest absolute Gasteiger partial charge is 0.492 e. The molecule has 0 atom stereocenters. The Morgan fingerprint density at radius 3 is 2.67 bits per heavy atom. The van der Waals surface area contributed by atoms with E-state index in [-0.39, 0.29) is 6.03 Å². The second-order valence-corrected chi connectivity index (χ2v) is 5.80. The van der Waals surface area contributed by atoms with Crippen LogP contribution >= 0.6 is 0 Å². The molecule has 0 saturated carbocycles. The van der Waals surface area contributed by atoms with Gasteiger partial charge in [-0.05, 0) is 49.2 Å². The zero-order valence-electron chi connectivity index (χ0n) is 14.7. The number of ether oxygens (including phenoxy) is 1. The standard InChI is InChI=1S/C19H25N3O2/c1-5-24-18-11-14(2)9-10-17(18)21-19(23)20-13-15-7-6-8-16(12-15)22(3)4/h6-12H,5,13H2,1-4H3,(H2,20,21,23). The summed E-state index contributed by atoms with van der Waals surface area (Å²) in [7, 11) is 3.98. The average Bonchev–Trinajstić information content (AvgIpc) is 2.56. The number of carbonyl (C=O) groups excluding carboxylic acids is 1. The Bertz CT molecular complexity index is 699. The monoisotopic (exact) mass is 327 g/mol. The second-order valence-electron chi connectivity index (χ2n) is 5.80. The van der Waals surface area contributed by atoms with Gasteiger partial charge in [0.1, 0.15) is 5.75 Å². The number of carbonyl (C=O) groups is 1. The molecule has 0 unspecified atom stereocenters. The molecule has 0 fully saturated rings. The van der Waals surface area contributed by atoms with Gasteiger partial charge in [0.2, 0.25) is 0 Å². The highest BCUT2D eigenvalue weighted by molar-refractivity contribution is 5.91. The van der Waals surface area contributed by atoms with E-state index in [1.54, 1.807) is 0 Å². The third-order valence-corrected chi connectivity index (χ3v) is 3.57. The summed E-state index contributed by atoms with van der Waals surface area (Å²) >= 11 is 0. The molecule has 0 radical (unpaired) electrons. The number of urea groups is 1. The van der Waals surface area contributed by atoms with Crippen molar-refractivity contribution < 1.29 is 9.53 Å². The van der Waals surface area contributed by atoms with Crippen LogP contribution in [0.25, 0.3) is 0 Å². The Kier molecular flexibility index (Phi) is 6.07. The molecule has 24 heavy (non-hydrogen) atoms. The summed E-state index contributed by atoms with van der Waals surface area (Å²) in [6.45, 7) is 4.93. The summed E-state index contributed by atoms with van der Waals surface area (Å²) in [4.78, 5) is 14.2. The lowest BCUT2D eigenvalue weighted by Gasteiger charge is -2.15. The Morgan fingerprint density at radius 1 is 1.17 bits per heavy atom. The molecule has 0 aromatic heterocycles. The minimum absolute atomic E-state index is 0.255. The van der Waals surface area contributed by atoms with Gasteiger partial charge in [-0.25, -0.2) is 4.79 Å². The van der Waals surface area contributed by atoms with Crippen LogP contribution < -0.4 is 20.3 Å². The number of nitrogens with one attached hydrogen (secondary N) is 2. The van der Waals surface area contributed by atoms with Crippen LogP contribution in [-0.4, -0.2) is 26.7 Å². The Morgan fingerprint density at radius 2 is 1.96 bits per heavy atom. The molecule has 2 rings (SSSR count). The van der Waals surface area contributed by atoms with E-state index in [0.717, 1.165) is 16.8 Å². The van der Waals surface area contributed by atoms with Gasteiger partial charge in [-0.1, -0.05) is 18.2 Å². The zero-order valence-corrected chi connectivity index (χ0v) is 14.7. The lowest BCUT2D eigenvalue weighted by Crippen LogP contribution is -2.28. The highest BCUT2D eigenvalue weighted by Gasteiger charge is 2.08. The maximum atomic E-state index is 12.2. The van der Waals surface area contributed by atoms with Crippen molar-refractivity contribution in [3.63, 3.8) is 0 Å². The van der Waals surface area contributed by atoms with E-state index in [9.17, 15) is 4.79 Å². The molecule has 5 nitrogen and oxygen atoms in total. The molecule has 0 saturated heterocycles. The smallest absolute Gasteiger partial charge is 0.319 e. The van der Waals surface area contributed by atoms with E-state index in [1.807, 2.05) is 69.2 Å². The first-order valence-electron chi connectivity index (χ1n) is 8.04. The van der Waals surface area contributed by atoms with Gasteiger partial charge in [0.15, 0.2) is 0 Å². The fraction of sp³-hybridized carbons (Fsp3) is 0.316.